The third-order valence-electron chi connectivity index (χ3n) is 4.96. The number of carbonyl (C=O) groups is 2. The Kier molecular flexibility index (Phi) is 11.0. The molecule has 5 nitrogen and oxygen atoms in total. The molecule has 0 bridgehead atoms. The van der Waals surface area contributed by atoms with Crippen molar-refractivity contribution in [2.75, 3.05) is 26.2 Å². The summed E-state index contributed by atoms with van der Waals surface area (Å²) in [6, 6.07) is 10.1. The lowest BCUT2D eigenvalue weighted by atomic mass is 10.0. The molecule has 1 saturated carbocycles. The number of benzene rings is 1. The van der Waals surface area contributed by atoms with Crippen molar-refractivity contribution >= 4 is 24.2 Å². The van der Waals surface area contributed by atoms with Crippen LogP contribution in [0.5, 0.6) is 0 Å². The zero-order valence-corrected chi connectivity index (χ0v) is 16.3. The molecule has 0 heterocycles. The monoisotopic (exact) mass is 381 g/mol. The molecule has 0 unspecified atom stereocenters. The molecule has 1 aromatic rings. The second-order valence-electron chi connectivity index (χ2n) is 6.87. The van der Waals surface area contributed by atoms with E-state index in [1.165, 1.54) is 31.2 Å². The van der Waals surface area contributed by atoms with Crippen LogP contribution in [-0.2, 0) is 16.0 Å². The molecule has 26 heavy (non-hydrogen) atoms. The van der Waals surface area contributed by atoms with Gasteiger partial charge in [0.2, 0.25) is 11.8 Å². The van der Waals surface area contributed by atoms with Crippen molar-refractivity contribution in [2.45, 2.75) is 44.9 Å². The fourth-order valence-corrected chi connectivity index (χ4v) is 3.43. The van der Waals surface area contributed by atoms with E-state index in [4.69, 9.17) is 5.73 Å². The first-order valence-electron chi connectivity index (χ1n) is 9.47. The van der Waals surface area contributed by atoms with Gasteiger partial charge in [-0.25, -0.2) is 0 Å². The normalized spacial score (nSPS) is 13.9. The minimum atomic E-state index is -0.0596. The summed E-state index contributed by atoms with van der Waals surface area (Å²) in [4.78, 5) is 26.1. The molecule has 2 rings (SSSR count). The standard InChI is InChI=1S/C20H31N3O2.ClH/c21-13-15-23(14-12-18-6-2-1-3-7-18)20(25)16-22-19(24)11-10-17-8-4-5-9-17;/h1-3,6-7,17H,4-5,8-16,21H2,(H,22,24);1H. The van der Waals surface area contributed by atoms with Crippen LogP contribution in [0.4, 0.5) is 0 Å². The van der Waals surface area contributed by atoms with Crippen LogP contribution in [0.1, 0.15) is 44.1 Å². The summed E-state index contributed by atoms with van der Waals surface area (Å²) in [5.41, 5.74) is 6.82. The van der Waals surface area contributed by atoms with Crippen LogP contribution in [0.25, 0.3) is 0 Å². The number of hydrogen-bond donors (Lipinski definition) is 2. The summed E-state index contributed by atoms with van der Waals surface area (Å²) >= 11 is 0. The van der Waals surface area contributed by atoms with Gasteiger partial charge in [0.25, 0.3) is 0 Å². The minimum absolute atomic E-state index is 0. The summed E-state index contributed by atoms with van der Waals surface area (Å²) in [6.07, 6.45) is 7.34. The Labute approximate surface area is 163 Å². The van der Waals surface area contributed by atoms with Gasteiger partial charge < -0.3 is 16.0 Å². The van der Waals surface area contributed by atoms with E-state index in [2.05, 4.69) is 17.4 Å². The van der Waals surface area contributed by atoms with Crippen LogP contribution >= 0.6 is 12.4 Å². The van der Waals surface area contributed by atoms with Crippen LogP contribution in [0.3, 0.4) is 0 Å². The average Bonchev–Trinajstić information content (AvgIpc) is 3.16. The second-order valence-corrected chi connectivity index (χ2v) is 6.87. The van der Waals surface area contributed by atoms with E-state index in [1.54, 1.807) is 4.90 Å². The molecule has 1 aliphatic rings. The molecule has 1 fully saturated rings. The molecular formula is C20H32ClN3O2. The fraction of sp³-hybridized carbons (Fsp3) is 0.600. The Morgan fingerprint density at radius 1 is 1.12 bits per heavy atom. The summed E-state index contributed by atoms with van der Waals surface area (Å²) in [7, 11) is 0. The van der Waals surface area contributed by atoms with Gasteiger partial charge in [0, 0.05) is 26.1 Å². The third kappa shape index (κ3) is 8.19. The summed E-state index contributed by atoms with van der Waals surface area (Å²) in [6.45, 7) is 1.63. The Morgan fingerprint density at radius 2 is 1.81 bits per heavy atom. The van der Waals surface area contributed by atoms with Crippen LogP contribution in [0.2, 0.25) is 0 Å². The van der Waals surface area contributed by atoms with Gasteiger partial charge in [-0.1, -0.05) is 56.0 Å². The molecule has 0 aliphatic heterocycles. The fourth-order valence-electron chi connectivity index (χ4n) is 3.43. The third-order valence-corrected chi connectivity index (χ3v) is 4.96. The average molecular weight is 382 g/mol. The van der Waals surface area contributed by atoms with E-state index in [0.29, 0.717) is 32.0 Å². The molecule has 3 N–H and O–H groups in total. The number of rotatable bonds is 10. The van der Waals surface area contributed by atoms with E-state index in [-0.39, 0.29) is 30.8 Å². The lowest BCUT2D eigenvalue weighted by Crippen LogP contribution is -2.43. The summed E-state index contributed by atoms with van der Waals surface area (Å²) < 4.78 is 0. The highest BCUT2D eigenvalue weighted by Gasteiger charge is 2.17. The Hall–Kier alpha value is -1.59. The molecule has 2 amide bonds. The lowest BCUT2D eigenvalue weighted by Gasteiger charge is -2.22. The van der Waals surface area contributed by atoms with Crippen LogP contribution < -0.4 is 11.1 Å². The number of nitrogens with two attached hydrogens (primary N) is 1. The molecule has 0 saturated heterocycles. The Balaban J connectivity index is 0.00000338. The lowest BCUT2D eigenvalue weighted by molar-refractivity contribution is -0.132. The number of amides is 2. The highest BCUT2D eigenvalue weighted by Crippen LogP contribution is 2.28. The largest absolute Gasteiger partial charge is 0.347 e. The molecule has 0 spiro atoms. The quantitative estimate of drug-likeness (QED) is 0.653. The molecular weight excluding hydrogens is 350 g/mol. The van der Waals surface area contributed by atoms with E-state index in [0.717, 1.165) is 12.8 Å². The maximum absolute atomic E-state index is 12.4. The first-order valence-corrected chi connectivity index (χ1v) is 9.47. The highest BCUT2D eigenvalue weighted by atomic mass is 35.5. The van der Waals surface area contributed by atoms with Crippen molar-refractivity contribution in [3.63, 3.8) is 0 Å². The molecule has 146 valence electrons. The van der Waals surface area contributed by atoms with Gasteiger partial charge in [-0.2, -0.15) is 0 Å². The summed E-state index contributed by atoms with van der Waals surface area (Å²) in [5.74, 6) is 0.618. The van der Waals surface area contributed by atoms with Crippen molar-refractivity contribution in [1.29, 1.82) is 0 Å². The van der Waals surface area contributed by atoms with Crippen LogP contribution in [-0.4, -0.2) is 42.9 Å². The highest BCUT2D eigenvalue weighted by molar-refractivity contribution is 5.85. The predicted molar refractivity (Wildman–Crippen MR) is 107 cm³/mol. The van der Waals surface area contributed by atoms with E-state index in [1.807, 2.05) is 18.2 Å². The number of hydrogen-bond acceptors (Lipinski definition) is 3. The molecule has 6 heteroatoms. The van der Waals surface area contributed by atoms with Gasteiger partial charge in [0.15, 0.2) is 0 Å². The number of nitrogens with one attached hydrogen (secondary N) is 1. The van der Waals surface area contributed by atoms with Crippen molar-refractivity contribution < 1.29 is 9.59 Å². The first kappa shape index (κ1) is 22.5. The zero-order valence-electron chi connectivity index (χ0n) is 15.5. The molecule has 0 atom stereocenters. The first-order chi connectivity index (χ1) is 12.2. The maximum atomic E-state index is 12.4. The van der Waals surface area contributed by atoms with Crippen molar-refractivity contribution in [3.05, 3.63) is 35.9 Å². The molecule has 0 radical (unpaired) electrons. The topological polar surface area (TPSA) is 75.4 Å². The Morgan fingerprint density at radius 3 is 2.46 bits per heavy atom. The number of nitrogens with zero attached hydrogens (tertiary/aromatic N) is 1. The van der Waals surface area contributed by atoms with Gasteiger partial charge in [-0.05, 0) is 24.3 Å². The summed E-state index contributed by atoms with van der Waals surface area (Å²) in [5, 5.41) is 2.77. The van der Waals surface area contributed by atoms with E-state index >= 15 is 0 Å². The van der Waals surface area contributed by atoms with Crippen LogP contribution in [0.15, 0.2) is 30.3 Å². The van der Waals surface area contributed by atoms with Gasteiger partial charge in [0.1, 0.15) is 0 Å². The van der Waals surface area contributed by atoms with Gasteiger partial charge in [0.05, 0.1) is 6.54 Å². The molecule has 0 aromatic heterocycles. The number of carbonyl (C=O) groups excluding carboxylic acids is 2. The Bertz CT molecular complexity index is 533. The second kappa shape index (κ2) is 12.7. The minimum Gasteiger partial charge on any atom is -0.347 e. The maximum Gasteiger partial charge on any atom is 0.242 e. The molecule has 1 aliphatic carbocycles. The van der Waals surface area contributed by atoms with Gasteiger partial charge in [-0.3, -0.25) is 9.59 Å². The van der Waals surface area contributed by atoms with Crippen molar-refractivity contribution in [3.8, 4) is 0 Å². The van der Waals surface area contributed by atoms with E-state index in [9.17, 15) is 9.59 Å². The van der Waals surface area contributed by atoms with Crippen LogP contribution in [0, 0.1) is 5.92 Å². The van der Waals surface area contributed by atoms with Crippen molar-refractivity contribution in [1.82, 2.24) is 10.2 Å². The molecule has 1 aromatic carbocycles. The zero-order chi connectivity index (χ0) is 17.9. The SMILES string of the molecule is Cl.NCCN(CCc1ccccc1)C(=O)CNC(=O)CCC1CCCC1. The predicted octanol–water partition coefficient (Wildman–Crippen LogP) is 2.52. The van der Waals surface area contributed by atoms with E-state index < -0.39 is 0 Å². The van der Waals surface area contributed by atoms with Gasteiger partial charge >= 0.3 is 0 Å². The van der Waals surface area contributed by atoms with Gasteiger partial charge in [-0.15, -0.1) is 12.4 Å². The van der Waals surface area contributed by atoms with Crippen molar-refractivity contribution in [2.24, 2.45) is 11.7 Å². The smallest absolute Gasteiger partial charge is 0.242 e. The number of halogens is 1.